The minimum absolute atomic E-state index is 0.284. The first-order chi connectivity index (χ1) is 12.7. The Kier molecular flexibility index (Phi) is 3.85. The summed E-state index contributed by atoms with van der Waals surface area (Å²) in [4.78, 5) is 11.8. The summed E-state index contributed by atoms with van der Waals surface area (Å²) in [6.45, 7) is 0.774. The van der Waals surface area contributed by atoms with Gasteiger partial charge in [0.15, 0.2) is 0 Å². The third-order valence-corrected chi connectivity index (χ3v) is 6.63. The summed E-state index contributed by atoms with van der Waals surface area (Å²) in [5.41, 5.74) is 4.90. The van der Waals surface area contributed by atoms with Crippen molar-refractivity contribution in [3.8, 4) is 5.75 Å². The summed E-state index contributed by atoms with van der Waals surface area (Å²) < 4.78 is 5.44. The first-order valence-corrected chi connectivity index (χ1v) is 10.0. The maximum Gasteiger partial charge on any atom is 0.223 e. The number of hydrogen-bond donors (Lipinski definition) is 0. The molecule has 1 unspecified atom stereocenters. The molecule has 2 aromatic heterocycles. The summed E-state index contributed by atoms with van der Waals surface area (Å²) in [6, 6.07) is 4.09. The monoisotopic (exact) mass is 403 g/mol. The number of aromatic nitrogens is 2. The van der Waals surface area contributed by atoms with Gasteiger partial charge in [0.2, 0.25) is 5.28 Å². The van der Waals surface area contributed by atoms with E-state index in [1.165, 1.54) is 16.8 Å². The SMILES string of the molecule is COc1ccc2c(c1Cl)C1CCC=C1N(c1csc3nc(Cl)ncc13)C2. The van der Waals surface area contributed by atoms with E-state index >= 15 is 0 Å². The van der Waals surface area contributed by atoms with Gasteiger partial charge in [-0.1, -0.05) is 23.7 Å². The Bertz CT molecular complexity index is 1060. The van der Waals surface area contributed by atoms with E-state index in [1.807, 2.05) is 12.3 Å². The Labute approximate surface area is 165 Å². The van der Waals surface area contributed by atoms with Crippen LogP contribution in [-0.2, 0) is 6.54 Å². The van der Waals surface area contributed by atoms with Crippen molar-refractivity contribution in [3.63, 3.8) is 0 Å². The molecule has 132 valence electrons. The summed E-state index contributed by atoms with van der Waals surface area (Å²) >= 11 is 14.2. The minimum Gasteiger partial charge on any atom is -0.495 e. The van der Waals surface area contributed by atoms with Gasteiger partial charge in [-0.15, -0.1) is 11.3 Å². The van der Waals surface area contributed by atoms with Crippen LogP contribution >= 0.6 is 34.5 Å². The van der Waals surface area contributed by atoms with Crippen molar-refractivity contribution in [2.75, 3.05) is 12.0 Å². The fourth-order valence-corrected chi connectivity index (χ4v) is 5.52. The number of methoxy groups -OCH3 is 1. The highest BCUT2D eigenvalue weighted by Gasteiger charge is 2.36. The lowest BCUT2D eigenvalue weighted by atomic mass is 9.87. The summed E-state index contributed by atoms with van der Waals surface area (Å²) in [6.07, 6.45) is 6.26. The lowest BCUT2D eigenvalue weighted by Gasteiger charge is -2.37. The number of nitrogens with zero attached hydrogens (tertiary/aromatic N) is 3. The molecular formula is C19H15Cl2N3OS. The van der Waals surface area contributed by atoms with Crippen molar-refractivity contribution in [1.82, 2.24) is 9.97 Å². The van der Waals surface area contributed by atoms with Crippen LogP contribution in [0.5, 0.6) is 5.75 Å². The molecule has 3 aromatic rings. The van der Waals surface area contributed by atoms with Crippen molar-refractivity contribution < 1.29 is 4.74 Å². The second-order valence-corrected chi connectivity index (χ2v) is 8.05. The lowest BCUT2D eigenvalue weighted by Crippen LogP contribution is -2.30. The minimum atomic E-state index is 0.284. The van der Waals surface area contributed by atoms with Gasteiger partial charge >= 0.3 is 0 Å². The highest BCUT2D eigenvalue weighted by molar-refractivity contribution is 7.17. The van der Waals surface area contributed by atoms with Crippen LogP contribution in [0, 0.1) is 0 Å². The van der Waals surface area contributed by atoms with Gasteiger partial charge in [-0.2, -0.15) is 0 Å². The fraction of sp³-hybridized carbons (Fsp3) is 0.263. The third kappa shape index (κ3) is 2.34. The Morgan fingerprint density at radius 2 is 2.19 bits per heavy atom. The van der Waals surface area contributed by atoms with E-state index in [1.54, 1.807) is 18.4 Å². The number of ether oxygens (including phenoxy) is 1. The molecule has 0 fully saturated rings. The second-order valence-electron chi connectivity index (χ2n) is 6.48. The quantitative estimate of drug-likeness (QED) is 0.507. The molecule has 0 N–H and O–H groups in total. The van der Waals surface area contributed by atoms with Gasteiger partial charge in [0, 0.05) is 29.7 Å². The first-order valence-electron chi connectivity index (χ1n) is 8.40. The number of thiophene rings is 1. The molecule has 7 heteroatoms. The van der Waals surface area contributed by atoms with Crippen molar-refractivity contribution in [3.05, 3.63) is 56.9 Å². The smallest absolute Gasteiger partial charge is 0.223 e. The van der Waals surface area contributed by atoms with Crippen molar-refractivity contribution >= 4 is 50.4 Å². The van der Waals surface area contributed by atoms with Gasteiger partial charge in [0.05, 0.1) is 23.2 Å². The number of allylic oxidation sites excluding steroid dienone is 2. The number of fused-ring (bicyclic) bond motifs is 4. The molecule has 1 aromatic carbocycles. The average molecular weight is 404 g/mol. The van der Waals surface area contributed by atoms with E-state index in [0.717, 1.165) is 46.1 Å². The fourth-order valence-electron chi connectivity index (χ4n) is 4.05. The summed E-state index contributed by atoms with van der Waals surface area (Å²) in [5, 5.41) is 4.20. The predicted molar refractivity (Wildman–Crippen MR) is 107 cm³/mol. The standard InChI is InChI=1S/C19H15Cl2N3OS/c1-25-15-6-5-10-8-24(13-4-2-3-11(13)16(10)17(15)20)14-9-26-18-12(14)7-22-19(21)23-18/h4-7,9,11H,2-3,8H2,1H3. The molecule has 0 amide bonds. The molecule has 1 atom stereocenters. The molecule has 0 spiro atoms. The van der Waals surface area contributed by atoms with Crippen LogP contribution in [0.25, 0.3) is 10.2 Å². The molecule has 2 aliphatic rings. The maximum absolute atomic E-state index is 6.68. The Morgan fingerprint density at radius 1 is 1.31 bits per heavy atom. The molecular weight excluding hydrogens is 389 g/mol. The topological polar surface area (TPSA) is 38.2 Å². The molecule has 1 aliphatic heterocycles. The predicted octanol–water partition coefficient (Wildman–Crippen LogP) is 5.79. The molecule has 1 aliphatic carbocycles. The van der Waals surface area contributed by atoms with E-state index < -0.39 is 0 Å². The van der Waals surface area contributed by atoms with Crippen LogP contribution in [-0.4, -0.2) is 17.1 Å². The number of hydrogen-bond acceptors (Lipinski definition) is 5. The van der Waals surface area contributed by atoms with Crippen LogP contribution in [0.4, 0.5) is 5.69 Å². The van der Waals surface area contributed by atoms with Gasteiger partial charge in [-0.05, 0) is 41.6 Å². The number of halogens is 2. The van der Waals surface area contributed by atoms with Crippen molar-refractivity contribution in [2.45, 2.75) is 25.3 Å². The van der Waals surface area contributed by atoms with Crippen molar-refractivity contribution in [2.24, 2.45) is 0 Å². The molecule has 3 heterocycles. The van der Waals surface area contributed by atoms with Gasteiger partial charge in [0.1, 0.15) is 10.6 Å². The number of rotatable bonds is 2. The molecule has 0 saturated carbocycles. The molecule has 5 rings (SSSR count). The van der Waals surface area contributed by atoms with Crippen molar-refractivity contribution in [1.29, 1.82) is 0 Å². The van der Waals surface area contributed by atoms with Crippen LogP contribution in [0.3, 0.4) is 0 Å². The maximum atomic E-state index is 6.68. The van der Waals surface area contributed by atoms with Crippen LogP contribution in [0.15, 0.2) is 35.5 Å². The van der Waals surface area contributed by atoms with E-state index in [4.69, 9.17) is 27.9 Å². The summed E-state index contributed by atoms with van der Waals surface area (Å²) in [5.74, 6) is 1.04. The zero-order valence-electron chi connectivity index (χ0n) is 14.0. The summed E-state index contributed by atoms with van der Waals surface area (Å²) in [7, 11) is 1.66. The van der Waals surface area contributed by atoms with E-state index in [2.05, 4.69) is 32.4 Å². The van der Waals surface area contributed by atoms with Crippen LogP contribution in [0.1, 0.15) is 29.9 Å². The van der Waals surface area contributed by atoms with Gasteiger partial charge in [-0.25, -0.2) is 9.97 Å². The Morgan fingerprint density at radius 3 is 3.04 bits per heavy atom. The Balaban J connectivity index is 1.66. The van der Waals surface area contributed by atoms with Gasteiger partial charge in [0.25, 0.3) is 0 Å². The zero-order chi connectivity index (χ0) is 17.8. The third-order valence-electron chi connectivity index (χ3n) is 5.18. The van der Waals surface area contributed by atoms with E-state index in [-0.39, 0.29) is 5.28 Å². The lowest BCUT2D eigenvalue weighted by molar-refractivity contribution is 0.413. The number of benzene rings is 1. The molecule has 26 heavy (non-hydrogen) atoms. The second kappa shape index (κ2) is 6.12. The molecule has 0 bridgehead atoms. The van der Waals surface area contributed by atoms with Crippen LogP contribution in [0.2, 0.25) is 10.3 Å². The highest BCUT2D eigenvalue weighted by Crippen LogP contribution is 2.50. The molecule has 0 radical (unpaired) electrons. The van der Waals surface area contributed by atoms with Gasteiger partial charge in [-0.3, -0.25) is 0 Å². The first kappa shape index (κ1) is 16.4. The zero-order valence-corrected chi connectivity index (χ0v) is 16.3. The molecule has 0 saturated heterocycles. The normalized spacial score (nSPS) is 18.7. The van der Waals surface area contributed by atoms with E-state index in [9.17, 15) is 0 Å². The Hall–Kier alpha value is -1.82. The largest absolute Gasteiger partial charge is 0.495 e. The number of anilines is 1. The van der Waals surface area contributed by atoms with E-state index in [0.29, 0.717) is 5.92 Å². The average Bonchev–Trinajstić information content (AvgIpc) is 3.27. The van der Waals surface area contributed by atoms with Crippen LogP contribution < -0.4 is 9.64 Å². The molecule has 4 nitrogen and oxygen atoms in total. The van der Waals surface area contributed by atoms with Gasteiger partial charge < -0.3 is 9.64 Å². The highest BCUT2D eigenvalue weighted by atomic mass is 35.5.